The summed E-state index contributed by atoms with van der Waals surface area (Å²) in [6.07, 6.45) is 2.27. The quantitative estimate of drug-likeness (QED) is 0.854. The van der Waals surface area contributed by atoms with Crippen LogP contribution in [-0.4, -0.2) is 41.2 Å². The second kappa shape index (κ2) is 7.91. The monoisotopic (exact) mass is 322 g/mol. The van der Waals surface area contributed by atoms with Gasteiger partial charge in [-0.05, 0) is 36.6 Å². The largest absolute Gasteiger partial charge is 0.387 e. The summed E-state index contributed by atoms with van der Waals surface area (Å²) in [7, 11) is 0. The predicted octanol–water partition coefficient (Wildman–Crippen LogP) is 2.42. The van der Waals surface area contributed by atoms with Gasteiger partial charge in [0, 0.05) is 25.8 Å². The van der Waals surface area contributed by atoms with Crippen LogP contribution in [0.2, 0.25) is 0 Å². The number of hydrogen-bond donors (Lipinski definition) is 2. The Labute approximate surface area is 142 Å². The zero-order valence-corrected chi connectivity index (χ0v) is 13.6. The topological polar surface area (TPSA) is 72.2 Å². The summed E-state index contributed by atoms with van der Waals surface area (Å²) in [5.41, 5.74) is 1.54. The number of pyridine rings is 1. The van der Waals surface area contributed by atoms with E-state index >= 15 is 0 Å². The summed E-state index contributed by atoms with van der Waals surface area (Å²) in [6.45, 7) is 3.52. The van der Waals surface area contributed by atoms with E-state index in [0.717, 1.165) is 37.4 Å². The maximum atomic E-state index is 10.3. The molecule has 1 aromatic carbocycles. The Morgan fingerprint density at radius 1 is 1.29 bits per heavy atom. The van der Waals surface area contributed by atoms with Crippen LogP contribution in [0.3, 0.4) is 0 Å². The first-order valence-electron chi connectivity index (χ1n) is 8.30. The van der Waals surface area contributed by atoms with Gasteiger partial charge in [-0.2, -0.15) is 5.26 Å². The Hall–Kier alpha value is -2.42. The molecular weight excluding hydrogens is 300 g/mol. The summed E-state index contributed by atoms with van der Waals surface area (Å²) >= 11 is 0. The van der Waals surface area contributed by atoms with Crippen LogP contribution < -0.4 is 5.32 Å². The highest BCUT2D eigenvalue weighted by Gasteiger charge is 2.24. The summed E-state index contributed by atoms with van der Waals surface area (Å²) < 4.78 is 0. The number of aromatic nitrogens is 1. The molecule has 2 N–H and O–H groups in total. The molecule has 2 aromatic rings. The van der Waals surface area contributed by atoms with Crippen LogP contribution in [-0.2, 0) is 0 Å². The van der Waals surface area contributed by atoms with Gasteiger partial charge in [0.25, 0.3) is 0 Å². The van der Waals surface area contributed by atoms with E-state index in [9.17, 15) is 5.11 Å². The first-order valence-corrected chi connectivity index (χ1v) is 8.30. The zero-order valence-electron chi connectivity index (χ0n) is 13.6. The average molecular weight is 322 g/mol. The molecule has 1 aliphatic rings. The van der Waals surface area contributed by atoms with Crippen LogP contribution in [0.15, 0.2) is 48.7 Å². The van der Waals surface area contributed by atoms with Crippen molar-refractivity contribution in [1.29, 1.82) is 5.26 Å². The van der Waals surface area contributed by atoms with E-state index in [1.807, 2.05) is 36.4 Å². The van der Waals surface area contributed by atoms with Crippen molar-refractivity contribution in [3.8, 4) is 6.07 Å². The van der Waals surface area contributed by atoms with Crippen molar-refractivity contribution >= 4 is 5.82 Å². The van der Waals surface area contributed by atoms with Gasteiger partial charge in [0.1, 0.15) is 11.9 Å². The standard InChI is InChI=1S/C19H22N4O/c20-10-15-6-7-19(21-11-15)22-12-16-8-9-23(13-16)14-18(24)17-4-2-1-3-5-17/h1-7,11,16,18,24H,8-9,12-14H2,(H,21,22)/t16-,18+/m0/s1. The summed E-state index contributed by atoms with van der Waals surface area (Å²) in [5.74, 6) is 1.35. The minimum absolute atomic E-state index is 0.432. The average Bonchev–Trinajstić information content (AvgIpc) is 3.08. The van der Waals surface area contributed by atoms with Gasteiger partial charge in [-0.3, -0.25) is 0 Å². The molecule has 1 aromatic heterocycles. The van der Waals surface area contributed by atoms with E-state index in [4.69, 9.17) is 5.26 Å². The normalized spacial score (nSPS) is 18.9. The first kappa shape index (κ1) is 16.4. The lowest BCUT2D eigenvalue weighted by Crippen LogP contribution is -2.27. The second-order valence-electron chi connectivity index (χ2n) is 6.27. The minimum Gasteiger partial charge on any atom is -0.387 e. The smallest absolute Gasteiger partial charge is 0.125 e. The number of nitrogens with one attached hydrogen (secondary N) is 1. The molecule has 0 bridgehead atoms. The number of β-amino-alcohol motifs (C(OH)–C–C–N with tert-alkyl or cyclic N) is 1. The Morgan fingerprint density at radius 3 is 2.83 bits per heavy atom. The van der Waals surface area contributed by atoms with Crippen molar-refractivity contribution in [1.82, 2.24) is 9.88 Å². The molecule has 1 fully saturated rings. The number of rotatable bonds is 6. The summed E-state index contributed by atoms with van der Waals surface area (Å²) in [6, 6.07) is 15.5. The lowest BCUT2D eigenvalue weighted by Gasteiger charge is -2.20. The summed E-state index contributed by atoms with van der Waals surface area (Å²) in [4.78, 5) is 6.55. The van der Waals surface area contributed by atoms with E-state index in [-0.39, 0.29) is 0 Å². The van der Waals surface area contributed by atoms with Gasteiger partial charge in [-0.25, -0.2) is 4.98 Å². The first-order chi connectivity index (χ1) is 11.7. The highest BCUT2D eigenvalue weighted by Crippen LogP contribution is 2.21. The molecule has 24 heavy (non-hydrogen) atoms. The molecule has 1 aliphatic heterocycles. The Balaban J connectivity index is 1.44. The van der Waals surface area contributed by atoms with Crippen LogP contribution >= 0.6 is 0 Å². The molecule has 0 amide bonds. The van der Waals surface area contributed by atoms with Crippen molar-refractivity contribution in [2.24, 2.45) is 5.92 Å². The maximum absolute atomic E-state index is 10.3. The Kier molecular flexibility index (Phi) is 5.42. The Bertz CT molecular complexity index is 681. The molecular formula is C19H22N4O. The number of nitrogens with zero attached hydrogens (tertiary/aromatic N) is 3. The molecule has 5 nitrogen and oxygen atoms in total. The molecule has 5 heteroatoms. The van der Waals surface area contributed by atoms with Gasteiger partial charge in [0.05, 0.1) is 11.7 Å². The molecule has 2 atom stereocenters. The van der Waals surface area contributed by atoms with Gasteiger partial charge in [0.15, 0.2) is 0 Å². The SMILES string of the molecule is N#Cc1ccc(NC[C@@H]2CCN(C[C@@H](O)c3ccccc3)C2)nc1. The number of aliphatic hydroxyl groups excluding tert-OH is 1. The molecule has 0 aliphatic carbocycles. The second-order valence-corrected chi connectivity index (χ2v) is 6.27. The highest BCUT2D eigenvalue weighted by molar-refractivity contribution is 5.38. The van der Waals surface area contributed by atoms with Crippen LogP contribution in [0.25, 0.3) is 0 Å². The maximum Gasteiger partial charge on any atom is 0.125 e. The number of anilines is 1. The highest BCUT2D eigenvalue weighted by atomic mass is 16.3. The molecule has 1 saturated heterocycles. The van der Waals surface area contributed by atoms with Gasteiger partial charge >= 0.3 is 0 Å². The molecule has 2 heterocycles. The molecule has 3 rings (SSSR count). The Morgan fingerprint density at radius 2 is 2.12 bits per heavy atom. The van der Waals surface area contributed by atoms with E-state index < -0.39 is 6.10 Å². The minimum atomic E-state index is -0.432. The third-order valence-corrected chi connectivity index (χ3v) is 4.45. The number of aliphatic hydroxyl groups is 1. The number of likely N-dealkylation sites (tertiary alicyclic amines) is 1. The van der Waals surface area contributed by atoms with Crippen LogP contribution in [0.1, 0.15) is 23.7 Å². The van der Waals surface area contributed by atoms with Crippen molar-refractivity contribution in [3.05, 3.63) is 59.8 Å². The molecule has 0 saturated carbocycles. The molecule has 124 valence electrons. The van der Waals surface area contributed by atoms with Crippen molar-refractivity contribution in [2.75, 3.05) is 31.5 Å². The fourth-order valence-corrected chi connectivity index (χ4v) is 3.08. The van der Waals surface area contributed by atoms with Crippen molar-refractivity contribution in [3.63, 3.8) is 0 Å². The van der Waals surface area contributed by atoms with E-state index in [1.54, 1.807) is 12.3 Å². The van der Waals surface area contributed by atoms with Gasteiger partial charge < -0.3 is 15.3 Å². The third-order valence-electron chi connectivity index (χ3n) is 4.45. The van der Waals surface area contributed by atoms with Crippen molar-refractivity contribution < 1.29 is 5.11 Å². The number of nitriles is 1. The van der Waals surface area contributed by atoms with E-state index in [2.05, 4.69) is 21.3 Å². The molecule has 0 radical (unpaired) electrons. The lowest BCUT2D eigenvalue weighted by molar-refractivity contribution is 0.124. The fourth-order valence-electron chi connectivity index (χ4n) is 3.08. The van der Waals surface area contributed by atoms with Gasteiger partial charge in [-0.15, -0.1) is 0 Å². The van der Waals surface area contributed by atoms with E-state index in [0.29, 0.717) is 18.0 Å². The van der Waals surface area contributed by atoms with Crippen LogP contribution in [0, 0.1) is 17.2 Å². The van der Waals surface area contributed by atoms with E-state index in [1.165, 1.54) is 0 Å². The summed E-state index contributed by atoms with van der Waals surface area (Å²) in [5, 5.41) is 22.4. The number of hydrogen-bond acceptors (Lipinski definition) is 5. The lowest BCUT2D eigenvalue weighted by atomic mass is 10.1. The molecule has 0 unspecified atom stereocenters. The number of benzene rings is 1. The van der Waals surface area contributed by atoms with Crippen LogP contribution in [0.5, 0.6) is 0 Å². The fraction of sp³-hybridized carbons (Fsp3) is 0.368. The predicted molar refractivity (Wildman–Crippen MR) is 93.4 cm³/mol. The molecule has 0 spiro atoms. The van der Waals surface area contributed by atoms with Gasteiger partial charge in [0.2, 0.25) is 0 Å². The van der Waals surface area contributed by atoms with Crippen LogP contribution in [0.4, 0.5) is 5.82 Å². The zero-order chi connectivity index (χ0) is 16.8. The van der Waals surface area contributed by atoms with Gasteiger partial charge in [-0.1, -0.05) is 30.3 Å². The van der Waals surface area contributed by atoms with Crippen molar-refractivity contribution in [2.45, 2.75) is 12.5 Å². The third kappa shape index (κ3) is 4.31.